The summed E-state index contributed by atoms with van der Waals surface area (Å²) in [5, 5.41) is 3.77. The van der Waals surface area contributed by atoms with Crippen molar-refractivity contribution in [3.05, 3.63) is 0 Å². The maximum Gasteiger partial charge on any atom is 0.239 e. The SMILES string of the molecule is C[C@H]1SC(=NC2CC3CCC2C3)NC1=O. The fourth-order valence-electron chi connectivity index (χ4n) is 3.04. The Hall–Kier alpha value is -0.510. The van der Waals surface area contributed by atoms with E-state index in [-0.39, 0.29) is 11.2 Å². The molecule has 1 amide bonds. The molecule has 2 bridgehead atoms. The Labute approximate surface area is 94.1 Å². The third-order valence-electron chi connectivity index (χ3n) is 3.87. The van der Waals surface area contributed by atoms with E-state index in [0.29, 0.717) is 6.04 Å². The average Bonchev–Trinajstić information content (AvgIpc) is 2.84. The summed E-state index contributed by atoms with van der Waals surface area (Å²) in [5.41, 5.74) is 0. The van der Waals surface area contributed by atoms with Crippen LogP contribution in [0.3, 0.4) is 0 Å². The van der Waals surface area contributed by atoms with E-state index in [4.69, 9.17) is 4.99 Å². The van der Waals surface area contributed by atoms with Crippen LogP contribution in [0.5, 0.6) is 0 Å². The molecule has 3 fully saturated rings. The number of hydrogen-bond acceptors (Lipinski definition) is 3. The molecule has 4 heteroatoms. The van der Waals surface area contributed by atoms with Crippen molar-refractivity contribution < 1.29 is 4.79 Å². The second-order valence-electron chi connectivity index (χ2n) is 4.93. The van der Waals surface area contributed by atoms with Crippen LogP contribution in [0, 0.1) is 11.8 Å². The highest BCUT2D eigenvalue weighted by Crippen LogP contribution is 2.46. The van der Waals surface area contributed by atoms with E-state index in [1.54, 1.807) is 11.8 Å². The monoisotopic (exact) mass is 224 g/mol. The van der Waals surface area contributed by atoms with Crippen LogP contribution in [0.1, 0.15) is 32.6 Å². The second-order valence-corrected chi connectivity index (χ2v) is 6.26. The Morgan fingerprint density at radius 1 is 1.40 bits per heavy atom. The molecule has 3 nitrogen and oxygen atoms in total. The molecule has 0 radical (unpaired) electrons. The highest BCUT2D eigenvalue weighted by Gasteiger charge is 2.40. The molecule has 3 rings (SSSR count). The van der Waals surface area contributed by atoms with Gasteiger partial charge in [-0.05, 0) is 38.0 Å². The van der Waals surface area contributed by atoms with Gasteiger partial charge < -0.3 is 5.32 Å². The molecule has 0 aromatic rings. The van der Waals surface area contributed by atoms with E-state index in [9.17, 15) is 4.79 Å². The molecule has 1 saturated heterocycles. The Bertz CT molecular complexity index is 329. The molecule has 4 atom stereocenters. The molecule has 1 heterocycles. The zero-order valence-corrected chi connectivity index (χ0v) is 9.72. The molecule has 2 aliphatic carbocycles. The number of aliphatic imine (C=N–C) groups is 1. The summed E-state index contributed by atoms with van der Waals surface area (Å²) >= 11 is 1.58. The first-order chi connectivity index (χ1) is 7.22. The molecule has 15 heavy (non-hydrogen) atoms. The highest BCUT2D eigenvalue weighted by molar-refractivity contribution is 8.15. The first kappa shape index (κ1) is 9.70. The van der Waals surface area contributed by atoms with Gasteiger partial charge in [0.2, 0.25) is 5.91 Å². The van der Waals surface area contributed by atoms with Crippen LogP contribution in [-0.4, -0.2) is 22.4 Å². The minimum Gasteiger partial charge on any atom is -0.304 e. The van der Waals surface area contributed by atoms with Gasteiger partial charge in [0.25, 0.3) is 0 Å². The first-order valence-corrected chi connectivity index (χ1v) is 6.65. The lowest BCUT2D eigenvalue weighted by Gasteiger charge is -2.17. The van der Waals surface area contributed by atoms with Crippen LogP contribution in [0.25, 0.3) is 0 Å². The number of fused-ring (bicyclic) bond motifs is 2. The Kier molecular flexibility index (Phi) is 2.27. The van der Waals surface area contributed by atoms with Gasteiger partial charge in [0.1, 0.15) is 0 Å². The molecule has 1 N–H and O–H groups in total. The number of hydrogen-bond donors (Lipinski definition) is 1. The van der Waals surface area contributed by atoms with E-state index < -0.39 is 0 Å². The third kappa shape index (κ3) is 1.69. The van der Waals surface area contributed by atoms with E-state index in [2.05, 4.69) is 5.32 Å². The first-order valence-electron chi connectivity index (χ1n) is 5.77. The Morgan fingerprint density at radius 2 is 2.27 bits per heavy atom. The molecule has 0 aromatic carbocycles. The van der Waals surface area contributed by atoms with Crippen molar-refractivity contribution >= 4 is 22.8 Å². The van der Waals surface area contributed by atoms with E-state index >= 15 is 0 Å². The molecular weight excluding hydrogens is 208 g/mol. The van der Waals surface area contributed by atoms with Gasteiger partial charge in [0.05, 0.1) is 11.3 Å². The number of nitrogens with one attached hydrogen (secondary N) is 1. The van der Waals surface area contributed by atoms with Crippen molar-refractivity contribution in [1.29, 1.82) is 0 Å². The number of amidine groups is 1. The van der Waals surface area contributed by atoms with Crippen LogP contribution in [0.2, 0.25) is 0 Å². The summed E-state index contributed by atoms with van der Waals surface area (Å²) < 4.78 is 0. The molecule has 3 aliphatic rings. The predicted octanol–water partition coefficient (Wildman–Crippen LogP) is 1.78. The Balaban J connectivity index is 1.70. The van der Waals surface area contributed by atoms with E-state index in [1.165, 1.54) is 25.7 Å². The Morgan fingerprint density at radius 3 is 2.80 bits per heavy atom. The number of nitrogens with zero attached hydrogens (tertiary/aromatic N) is 1. The fraction of sp³-hybridized carbons (Fsp3) is 0.818. The number of rotatable bonds is 1. The van der Waals surface area contributed by atoms with Gasteiger partial charge in [0.15, 0.2) is 5.17 Å². The normalized spacial score (nSPS) is 46.5. The third-order valence-corrected chi connectivity index (χ3v) is 4.87. The number of thioether (sulfide) groups is 1. The summed E-state index contributed by atoms with van der Waals surface area (Å²) in [6, 6.07) is 0.497. The molecular formula is C11H16N2OS. The maximum absolute atomic E-state index is 11.3. The maximum atomic E-state index is 11.3. The summed E-state index contributed by atoms with van der Waals surface area (Å²) in [7, 11) is 0. The summed E-state index contributed by atoms with van der Waals surface area (Å²) in [6.45, 7) is 1.93. The van der Waals surface area contributed by atoms with Gasteiger partial charge in [-0.1, -0.05) is 18.2 Å². The van der Waals surface area contributed by atoms with Crippen molar-refractivity contribution in [1.82, 2.24) is 5.32 Å². The molecule has 1 aliphatic heterocycles. The molecule has 0 aromatic heterocycles. The van der Waals surface area contributed by atoms with Gasteiger partial charge in [0, 0.05) is 0 Å². The minimum atomic E-state index is 0.0438. The van der Waals surface area contributed by atoms with Gasteiger partial charge in [-0.25, -0.2) is 0 Å². The molecule has 0 spiro atoms. The summed E-state index contributed by atoms with van der Waals surface area (Å²) in [5.74, 6) is 1.83. The van der Waals surface area contributed by atoms with E-state index in [1.807, 2.05) is 6.92 Å². The summed E-state index contributed by atoms with van der Waals surface area (Å²) in [6.07, 6.45) is 5.37. The van der Waals surface area contributed by atoms with Crippen molar-refractivity contribution in [2.45, 2.75) is 43.9 Å². The zero-order valence-electron chi connectivity index (χ0n) is 8.90. The molecule has 82 valence electrons. The average molecular weight is 224 g/mol. The van der Waals surface area contributed by atoms with Gasteiger partial charge in [-0.15, -0.1) is 0 Å². The van der Waals surface area contributed by atoms with Crippen molar-refractivity contribution in [2.75, 3.05) is 0 Å². The standard InChI is InChI=1S/C11H16N2OS/c1-6-10(14)13-11(15-6)12-9-5-7-2-3-8(9)4-7/h6-9H,2-5H2,1H3,(H,12,13,14)/t6-,7?,8?,9?/m1/s1. The van der Waals surface area contributed by atoms with E-state index in [0.717, 1.165) is 17.0 Å². The van der Waals surface area contributed by atoms with Gasteiger partial charge in [-0.2, -0.15) is 0 Å². The zero-order chi connectivity index (χ0) is 10.4. The highest BCUT2D eigenvalue weighted by atomic mass is 32.2. The van der Waals surface area contributed by atoms with Crippen molar-refractivity contribution in [3.8, 4) is 0 Å². The smallest absolute Gasteiger partial charge is 0.239 e. The lowest BCUT2D eigenvalue weighted by atomic mass is 9.96. The van der Waals surface area contributed by atoms with Gasteiger partial charge >= 0.3 is 0 Å². The van der Waals surface area contributed by atoms with Crippen LogP contribution < -0.4 is 5.32 Å². The quantitative estimate of drug-likeness (QED) is 0.737. The van der Waals surface area contributed by atoms with Crippen LogP contribution >= 0.6 is 11.8 Å². The lowest BCUT2D eigenvalue weighted by Crippen LogP contribution is -2.25. The minimum absolute atomic E-state index is 0.0438. The van der Waals surface area contributed by atoms with Crippen molar-refractivity contribution in [2.24, 2.45) is 16.8 Å². The number of amides is 1. The van der Waals surface area contributed by atoms with Gasteiger partial charge in [-0.3, -0.25) is 9.79 Å². The van der Waals surface area contributed by atoms with Crippen LogP contribution in [0.4, 0.5) is 0 Å². The van der Waals surface area contributed by atoms with Crippen LogP contribution in [0.15, 0.2) is 4.99 Å². The largest absolute Gasteiger partial charge is 0.304 e. The molecule has 2 saturated carbocycles. The van der Waals surface area contributed by atoms with Crippen molar-refractivity contribution in [3.63, 3.8) is 0 Å². The second kappa shape index (κ2) is 3.51. The number of carbonyl (C=O) groups is 1. The summed E-state index contributed by atoms with van der Waals surface area (Å²) in [4.78, 5) is 16.0. The molecule has 3 unspecified atom stereocenters. The number of carbonyl (C=O) groups excluding carboxylic acids is 1. The lowest BCUT2D eigenvalue weighted by molar-refractivity contribution is -0.118. The fourth-order valence-corrected chi connectivity index (χ4v) is 3.90. The van der Waals surface area contributed by atoms with Crippen LogP contribution in [-0.2, 0) is 4.79 Å². The predicted molar refractivity (Wildman–Crippen MR) is 61.9 cm³/mol. The topological polar surface area (TPSA) is 41.5 Å².